The van der Waals surface area contributed by atoms with Crippen LogP contribution in [0.1, 0.15) is 19.0 Å². The van der Waals surface area contributed by atoms with Gasteiger partial charge in [-0.3, -0.25) is 0 Å². The Balaban J connectivity index is 2.59. The van der Waals surface area contributed by atoms with Crippen molar-refractivity contribution in [2.45, 2.75) is 18.2 Å². The van der Waals surface area contributed by atoms with E-state index >= 15 is 0 Å². The number of aromatic nitrogens is 1. The van der Waals surface area contributed by atoms with Crippen molar-refractivity contribution in [3.05, 3.63) is 36.5 Å². The predicted molar refractivity (Wildman–Crippen MR) is 90.4 cm³/mol. The van der Waals surface area contributed by atoms with Gasteiger partial charge in [0.2, 0.25) is 0 Å². The van der Waals surface area contributed by atoms with Crippen LogP contribution in [0.2, 0.25) is 0 Å². The second-order valence-electron chi connectivity index (χ2n) is 5.05. The van der Waals surface area contributed by atoms with Gasteiger partial charge in [-0.05, 0) is 24.6 Å². The lowest BCUT2D eigenvalue weighted by Crippen LogP contribution is -2.15. The van der Waals surface area contributed by atoms with E-state index in [1.54, 1.807) is 6.07 Å². The van der Waals surface area contributed by atoms with Gasteiger partial charge in [-0.2, -0.15) is 3.89 Å². The number of halogens is 1. The Labute approximate surface area is 129 Å². The predicted octanol–water partition coefficient (Wildman–Crippen LogP) is 4.25. The normalized spacial score (nSPS) is 10.7. The summed E-state index contributed by atoms with van der Waals surface area (Å²) in [7, 11) is 3.89. The van der Waals surface area contributed by atoms with E-state index in [0.717, 1.165) is 40.9 Å². The third-order valence-corrected chi connectivity index (χ3v) is 3.74. The van der Waals surface area contributed by atoms with Crippen LogP contribution in [0.4, 0.5) is 9.57 Å². The van der Waals surface area contributed by atoms with Crippen LogP contribution in [0.3, 0.4) is 0 Å². The number of fused-ring (bicyclic) bond motifs is 1. The second kappa shape index (κ2) is 6.80. The number of benzene rings is 1. The molecule has 0 spiro atoms. The van der Waals surface area contributed by atoms with E-state index in [0.29, 0.717) is 4.90 Å². The van der Waals surface area contributed by atoms with E-state index in [2.05, 4.69) is 23.8 Å². The molecule has 1 N–H and O–H groups in total. The highest BCUT2D eigenvalue weighted by atomic mass is 32.2. The first-order chi connectivity index (χ1) is 10.1. The molecule has 1 heterocycles. The molecule has 21 heavy (non-hydrogen) atoms. The number of hydrogen-bond acceptors (Lipinski definition) is 4. The van der Waals surface area contributed by atoms with Crippen LogP contribution in [-0.2, 0) is 0 Å². The topological polar surface area (TPSA) is 28.2 Å². The van der Waals surface area contributed by atoms with E-state index in [-0.39, 0.29) is 12.1 Å². The van der Waals surface area contributed by atoms with Gasteiger partial charge in [0.25, 0.3) is 0 Å². The first-order valence-electron chi connectivity index (χ1n) is 6.91. The minimum atomic E-state index is 0.253. The van der Waals surface area contributed by atoms with E-state index in [4.69, 9.17) is 0 Å². The van der Waals surface area contributed by atoms with Crippen LogP contribution < -0.4 is 10.2 Å². The Bertz CT molecular complexity index is 655. The van der Waals surface area contributed by atoms with Gasteiger partial charge >= 0.3 is 0 Å². The lowest BCUT2D eigenvalue weighted by atomic mass is 10.1. The molecule has 0 atom stereocenters. The fourth-order valence-corrected chi connectivity index (χ4v) is 2.59. The summed E-state index contributed by atoms with van der Waals surface area (Å²) in [6.45, 7) is 7.00. The van der Waals surface area contributed by atoms with E-state index in [9.17, 15) is 3.89 Å². The number of rotatable bonds is 6. The molecule has 0 aliphatic heterocycles. The SMILES string of the molecule is C=C(NCCC)c1cc(N(C)C)c2c(SF)cccc2n1. The number of pyridine rings is 1. The Morgan fingerprint density at radius 2 is 2.19 bits per heavy atom. The Morgan fingerprint density at radius 1 is 1.43 bits per heavy atom. The highest BCUT2D eigenvalue weighted by molar-refractivity contribution is 7.94. The summed E-state index contributed by atoms with van der Waals surface area (Å²) in [5, 5.41) is 4.09. The molecule has 3 nitrogen and oxygen atoms in total. The zero-order valence-corrected chi connectivity index (χ0v) is 13.4. The molecule has 0 radical (unpaired) electrons. The zero-order valence-electron chi connectivity index (χ0n) is 12.6. The van der Waals surface area contributed by atoms with Crippen molar-refractivity contribution in [1.82, 2.24) is 10.3 Å². The fourth-order valence-electron chi connectivity index (χ4n) is 2.17. The summed E-state index contributed by atoms with van der Waals surface area (Å²) in [5.41, 5.74) is 3.30. The summed E-state index contributed by atoms with van der Waals surface area (Å²) in [5.74, 6) is 0. The maximum Gasteiger partial charge on any atom is 0.0883 e. The van der Waals surface area contributed by atoms with Crippen molar-refractivity contribution in [1.29, 1.82) is 0 Å². The van der Waals surface area contributed by atoms with Gasteiger partial charge in [0.05, 0.1) is 34.0 Å². The molecular weight excluding hydrogens is 285 g/mol. The largest absolute Gasteiger partial charge is 0.384 e. The molecule has 2 rings (SSSR count). The van der Waals surface area contributed by atoms with Crippen molar-refractivity contribution in [3.8, 4) is 0 Å². The van der Waals surface area contributed by atoms with Crippen molar-refractivity contribution < 1.29 is 3.89 Å². The van der Waals surface area contributed by atoms with E-state index in [1.165, 1.54) is 0 Å². The third-order valence-electron chi connectivity index (χ3n) is 3.24. The van der Waals surface area contributed by atoms with Crippen molar-refractivity contribution in [2.24, 2.45) is 0 Å². The molecule has 112 valence electrons. The van der Waals surface area contributed by atoms with Gasteiger partial charge in [-0.15, -0.1) is 0 Å². The highest BCUT2D eigenvalue weighted by Crippen LogP contribution is 2.35. The maximum absolute atomic E-state index is 13.2. The molecule has 0 fully saturated rings. The zero-order chi connectivity index (χ0) is 15.4. The monoisotopic (exact) mass is 305 g/mol. The van der Waals surface area contributed by atoms with Gasteiger partial charge in [-0.1, -0.05) is 19.6 Å². The fraction of sp³-hybridized carbons (Fsp3) is 0.312. The molecule has 0 saturated heterocycles. The van der Waals surface area contributed by atoms with Crippen LogP contribution in [0.25, 0.3) is 16.6 Å². The Kier molecular flexibility index (Phi) is 5.07. The van der Waals surface area contributed by atoms with Crippen molar-refractivity contribution in [2.75, 3.05) is 25.5 Å². The first-order valence-corrected chi connectivity index (χ1v) is 7.63. The molecule has 1 aromatic heterocycles. The van der Waals surface area contributed by atoms with Gasteiger partial charge in [-0.25, -0.2) is 4.98 Å². The quantitative estimate of drug-likeness (QED) is 0.863. The third kappa shape index (κ3) is 3.29. The van der Waals surface area contributed by atoms with E-state index in [1.807, 2.05) is 37.2 Å². The summed E-state index contributed by atoms with van der Waals surface area (Å²) in [6.07, 6.45) is 1.02. The summed E-state index contributed by atoms with van der Waals surface area (Å²) in [4.78, 5) is 7.17. The second-order valence-corrected chi connectivity index (χ2v) is 5.65. The van der Waals surface area contributed by atoms with Crippen molar-refractivity contribution in [3.63, 3.8) is 0 Å². The van der Waals surface area contributed by atoms with Gasteiger partial charge in [0.1, 0.15) is 0 Å². The molecule has 5 heteroatoms. The lowest BCUT2D eigenvalue weighted by Gasteiger charge is -2.19. The maximum atomic E-state index is 13.2. The first kappa shape index (κ1) is 15.6. The average Bonchev–Trinajstić information content (AvgIpc) is 2.50. The molecule has 0 bridgehead atoms. The molecule has 0 amide bonds. The Hall–Kier alpha value is -1.75. The molecule has 0 aliphatic carbocycles. The molecule has 1 aromatic carbocycles. The van der Waals surface area contributed by atoms with Crippen LogP contribution in [-0.4, -0.2) is 25.6 Å². The van der Waals surface area contributed by atoms with Crippen LogP contribution in [0, 0.1) is 0 Å². The van der Waals surface area contributed by atoms with Gasteiger partial charge in [0, 0.05) is 31.7 Å². The molecule has 0 unspecified atom stereocenters. The van der Waals surface area contributed by atoms with Crippen LogP contribution in [0.5, 0.6) is 0 Å². The number of hydrogen-bond donors (Lipinski definition) is 1. The van der Waals surface area contributed by atoms with Crippen LogP contribution in [0.15, 0.2) is 35.7 Å². The van der Waals surface area contributed by atoms with Gasteiger partial charge in [0.15, 0.2) is 0 Å². The smallest absolute Gasteiger partial charge is 0.0883 e. The summed E-state index contributed by atoms with van der Waals surface area (Å²) < 4.78 is 13.2. The van der Waals surface area contributed by atoms with Crippen LogP contribution >= 0.6 is 12.1 Å². The minimum absolute atomic E-state index is 0.253. The molecule has 0 saturated carbocycles. The minimum Gasteiger partial charge on any atom is -0.384 e. The highest BCUT2D eigenvalue weighted by Gasteiger charge is 2.13. The standard InChI is InChI=1S/C16H20FN3S/c1-5-9-18-11(2)13-10-14(20(3)4)16-12(19-13)7-6-8-15(16)21-17/h6-8,10,18H,2,5,9H2,1,3-4H3. The molecular formula is C16H20FN3S. The molecule has 2 aromatic rings. The van der Waals surface area contributed by atoms with Gasteiger partial charge < -0.3 is 10.2 Å². The summed E-state index contributed by atoms with van der Waals surface area (Å²) in [6, 6.07) is 7.44. The number of nitrogens with one attached hydrogen (secondary N) is 1. The van der Waals surface area contributed by atoms with E-state index < -0.39 is 0 Å². The lowest BCUT2D eigenvalue weighted by molar-refractivity contribution is 0.822. The molecule has 0 aliphatic rings. The van der Waals surface area contributed by atoms with Crippen molar-refractivity contribution >= 4 is 34.4 Å². The average molecular weight is 305 g/mol. The number of anilines is 1. The number of nitrogens with zero attached hydrogens (tertiary/aromatic N) is 2. The Morgan fingerprint density at radius 3 is 2.81 bits per heavy atom. The summed E-state index contributed by atoms with van der Waals surface area (Å²) >= 11 is 0.253.